The first-order chi connectivity index (χ1) is 9.49. The number of aliphatic carboxylic acids is 1. The molecule has 0 aromatic carbocycles. The van der Waals surface area contributed by atoms with Crippen LogP contribution < -0.4 is 5.32 Å². The summed E-state index contributed by atoms with van der Waals surface area (Å²) >= 11 is 0. The summed E-state index contributed by atoms with van der Waals surface area (Å²) in [7, 11) is 0. The van der Waals surface area contributed by atoms with Crippen LogP contribution in [0.15, 0.2) is 0 Å². The monoisotopic (exact) mass is 282 g/mol. The molecular formula is C14H22N2O4. The summed E-state index contributed by atoms with van der Waals surface area (Å²) in [5.74, 6) is -0.868. The van der Waals surface area contributed by atoms with E-state index in [4.69, 9.17) is 5.11 Å². The predicted octanol–water partition coefficient (Wildman–Crippen LogP) is 0.614. The van der Waals surface area contributed by atoms with Gasteiger partial charge in [-0.3, -0.25) is 14.4 Å². The quantitative estimate of drug-likeness (QED) is 0.747. The Balaban J connectivity index is 1.81. The molecule has 20 heavy (non-hydrogen) atoms. The average molecular weight is 282 g/mol. The van der Waals surface area contributed by atoms with E-state index in [9.17, 15) is 14.4 Å². The van der Waals surface area contributed by atoms with E-state index in [1.807, 2.05) is 0 Å². The fourth-order valence-corrected chi connectivity index (χ4v) is 2.63. The van der Waals surface area contributed by atoms with E-state index in [1.54, 1.807) is 11.8 Å². The highest BCUT2D eigenvalue weighted by Gasteiger charge is 2.40. The molecule has 1 saturated heterocycles. The van der Waals surface area contributed by atoms with Gasteiger partial charge in [-0.05, 0) is 31.6 Å². The van der Waals surface area contributed by atoms with Gasteiger partial charge in [-0.25, -0.2) is 0 Å². The smallest absolute Gasteiger partial charge is 0.303 e. The number of amides is 2. The molecule has 1 aliphatic carbocycles. The molecule has 2 aliphatic rings. The van der Waals surface area contributed by atoms with E-state index in [1.165, 1.54) is 0 Å². The van der Waals surface area contributed by atoms with Crippen molar-refractivity contribution in [2.24, 2.45) is 11.8 Å². The summed E-state index contributed by atoms with van der Waals surface area (Å²) in [5.41, 5.74) is 0. The van der Waals surface area contributed by atoms with Crippen LogP contribution in [0.3, 0.4) is 0 Å². The summed E-state index contributed by atoms with van der Waals surface area (Å²) in [5, 5.41) is 11.5. The highest BCUT2D eigenvalue weighted by molar-refractivity contribution is 5.90. The van der Waals surface area contributed by atoms with Gasteiger partial charge in [0, 0.05) is 25.4 Å². The lowest BCUT2D eigenvalue weighted by Crippen LogP contribution is -2.47. The van der Waals surface area contributed by atoms with Gasteiger partial charge in [0.25, 0.3) is 0 Å². The van der Waals surface area contributed by atoms with E-state index in [-0.39, 0.29) is 36.1 Å². The Morgan fingerprint density at radius 2 is 2.00 bits per heavy atom. The first-order valence-electron chi connectivity index (χ1n) is 7.29. The zero-order valence-corrected chi connectivity index (χ0v) is 11.8. The van der Waals surface area contributed by atoms with E-state index in [2.05, 4.69) is 5.32 Å². The molecule has 2 atom stereocenters. The Labute approximate surface area is 118 Å². The zero-order valence-electron chi connectivity index (χ0n) is 11.8. The van der Waals surface area contributed by atoms with Crippen LogP contribution in [0.5, 0.6) is 0 Å². The molecule has 0 aromatic rings. The van der Waals surface area contributed by atoms with Gasteiger partial charge in [0.05, 0.1) is 0 Å². The molecule has 6 heteroatoms. The van der Waals surface area contributed by atoms with Crippen LogP contribution >= 0.6 is 0 Å². The number of carbonyl (C=O) groups is 3. The number of hydrogen-bond acceptors (Lipinski definition) is 3. The van der Waals surface area contributed by atoms with Gasteiger partial charge >= 0.3 is 5.97 Å². The molecule has 2 unspecified atom stereocenters. The molecular weight excluding hydrogens is 260 g/mol. The fraction of sp³-hybridized carbons (Fsp3) is 0.786. The van der Waals surface area contributed by atoms with Gasteiger partial charge < -0.3 is 15.3 Å². The molecule has 1 saturated carbocycles. The third-order valence-corrected chi connectivity index (χ3v) is 3.91. The molecule has 112 valence electrons. The first-order valence-corrected chi connectivity index (χ1v) is 7.29. The lowest BCUT2D eigenvalue weighted by molar-refractivity contribution is -0.139. The largest absolute Gasteiger partial charge is 0.481 e. The van der Waals surface area contributed by atoms with Crippen molar-refractivity contribution in [1.82, 2.24) is 10.2 Å². The highest BCUT2D eigenvalue weighted by Crippen LogP contribution is 2.33. The molecule has 1 aliphatic heterocycles. The molecule has 2 N–H and O–H groups in total. The number of likely N-dealkylation sites (tertiary alicyclic amines) is 1. The third kappa shape index (κ3) is 3.71. The standard InChI is InChI=1S/C14H22N2O4/c1-9(7-12(17)18)8-15-13(19)11-3-2-6-16(11)14(20)10-4-5-10/h9-11H,2-8H2,1H3,(H,15,19)(H,17,18). The molecule has 0 aromatic heterocycles. The normalized spacial score (nSPS) is 23.4. The van der Waals surface area contributed by atoms with Crippen LogP contribution in [0.4, 0.5) is 0 Å². The fourth-order valence-electron chi connectivity index (χ4n) is 2.63. The van der Waals surface area contributed by atoms with E-state index in [0.29, 0.717) is 19.5 Å². The Morgan fingerprint density at radius 3 is 2.60 bits per heavy atom. The van der Waals surface area contributed by atoms with Crippen molar-refractivity contribution in [1.29, 1.82) is 0 Å². The second-order valence-corrected chi connectivity index (χ2v) is 5.91. The maximum Gasteiger partial charge on any atom is 0.303 e. The highest BCUT2D eigenvalue weighted by atomic mass is 16.4. The van der Waals surface area contributed by atoms with Gasteiger partial charge in [0.15, 0.2) is 0 Å². The van der Waals surface area contributed by atoms with Crippen LogP contribution in [0.25, 0.3) is 0 Å². The lowest BCUT2D eigenvalue weighted by atomic mass is 10.1. The second kappa shape index (κ2) is 6.24. The topological polar surface area (TPSA) is 86.7 Å². The van der Waals surface area contributed by atoms with Gasteiger partial charge in [-0.2, -0.15) is 0 Å². The molecule has 2 amide bonds. The number of rotatable bonds is 6. The van der Waals surface area contributed by atoms with Gasteiger partial charge in [0.1, 0.15) is 6.04 Å². The van der Waals surface area contributed by atoms with Crippen molar-refractivity contribution in [2.75, 3.05) is 13.1 Å². The van der Waals surface area contributed by atoms with Crippen LogP contribution in [-0.2, 0) is 14.4 Å². The Hall–Kier alpha value is -1.59. The average Bonchev–Trinajstić information content (AvgIpc) is 3.11. The zero-order chi connectivity index (χ0) is 14.7. The van der Waals surface area contributed by atoms with E-state index >= 15 is 0 Å². The van der Waals surface area contributed by atoms with Gasteiger partial charge in [-0.1, -0.05) is 6.92 Å². The molecule has 2 fully saturated rings. The van der Waals surface area contributed by atoms with E-state index < -0.39 is 5.97 Å². The number of hydrogen-bond donors (Lipinski definition) is 2. The summed E-state index contributed by atoms with van der Waals surface area (Å²) in [6.45, 7) is 2.79. The van der Waals surface area contributed by atoms with Gasteiger partial charge in [-0.15, -0.1) is 0 Å². The van der Waals surface area contributed by atoms with Gasteiger partial charge in [0.2, 0.25) is 11.8 Å². The maximum absolute atomic E-state index is 12.1. The molecule has 0 bridgehead atoms. The van der Waals surface area contributed by atoms with Crippen molar-refractivity contribution in [3.63, 3.8) is 0 Å². The van der Waals surface area contributed by atoms with E-state index in [0.717, 1.165) is 19.3 Å². The number of carbonyl (C=O) groups excluding carboxylic acids is 2. The number of carboxylic acids is 1. The molecule has 0 radical (unpaired) electrons. The predicted molar refractivity (Wildman–Crippen MR) is 71.9 cm³/mol. The number of carboxylic acid groups (broad SMARTS) is 1. The molecule has 0 spiro atoms. The Bertz CT molecular complexity index is 406. The summed E-state index contributed by atoms with van der Waals surface area (Å²) in [6, 6.07) is -0.361. The Kier molecular flexibility index (Phi) is 4.62. The second-order valence-electron chi connectivity index (χ2n) is 5.91. The summed E-state index contributed by atoms with van der Waals surface area (Å²) < 4.78 is 0. The van der Waals surface area contributed by atoms with Crippen molar-refractivity contribution < 1.29 is 19.5 Å². The Morgan fingerprint density at radius 1 is 1.30 bits per heavy atom. The van der Waals surface area contributed by atoms with Crippen LogP contribution in [0.1, 0.15) is 39.0 Å². The molecule has 6 nitrogen and oxygen atoms in total. The first kappa shape index (κ1) is 14.8. The van der Waals surface area contributed by atoms with Crippen molar-refractivity contribution in [3.05, 3.63) is 0 Å². The van der Waals surface area contributed by atoms with Crippen molar-refractivity contribution in [3.8, 4) is 0 Å². The van der Waals surface area contributed by atoms with Crippen LogP contribution in [0, 0.1) is 11.8 Å². The van der Waals surface area contributed by atoms with Crippen molar-refractivity contribution >= 4 is 17.8 Å². The summed E-state index contributed by atoms with van der Waals surface area (Å²) in [4.78, 5) is 36.5. The minimum atomic E-state index is -0.863. The molecule has 2 rings (SSSR count). The minimum Gasteiger partial charge on any atom is -0.481 e. The lowest BCUT2D eigenvalue weighted by Gasteiger charge is -2.24. The number of nitrogens with zero attached hydrogens (tertiary/aromatic N) is 1. The number of nitrogens with one attached hydrogen (secondary N) is 1. The third-order valence-electron chi connectivity index (χ3n) is 3.91. The minimum absolute atomic E-state index is 0.0374. The molecule has 1 heterocycles. The summed E-state index contributed by atoms with van der Waals surface area (Å²) in [6.07, 6.45) is 3.49. The maximum atomic E-state index is 12.1. The van der Waals surface area contributed by atoms with Crippen LogP contribution in [0.2, 0.25) is 0 Å². The SMILES string of the molecule is CC(CNC(=O)C1CCCN1C(=O)C1CC1)CC(=O)O. The van der Waals surface area contributed by atoms with Crippen LogP contribution in [-0.4, -0.2) is 46.9 Å². The van der Waals surface area contributed by atoms with Crippen molar-refractivity contribution in [2.45, 2.75) is 45.1 Å².